The Labute approximate surface area is 113 Å². The summed E-state index contributed by atoms with van der Waals surface area (Å²) in [6.45, 7) is 11.9. The molecule has 0 amide bonds. The Morgan fingerprint density at radius 3 is 2.56 bits per heavy atom. The minimum absolute atomic E-state index is 0.624. The van der Waals surface area contributed by atoms with E-state index in [1.54, 1.807) is 0 Å². The normalized spacial score (nSPS) is 27.3. The number of nitrogens with one attached hydrogen (secondary N) is 1. The highest BCUT2D eigenvalue weighted by Gasteiger charge is 2.31. The van der Waals surface area contributed by atoms with Crippen LogP contribution < -0.4 is 5.32 Å². The lowest BCUT2D eigenvalue weighted by molar-refractivity contribution is 0.182. The average molecular weight is 253 g/mol. The van der Waals surface area contributed by atoms with Crippen molar-refractivity contribution < 1.29 is 0 Å². The lowest BCUT2D eigenvalue weighted by Gasteiger charge is -2.28. The summed E-state index contributed by atoms with van der Waals surface area (Å²) in [6.07, 6.45) is 4.21. The van der Waals surface area contributed by atoms with E-state index in [1.165, 1.54) is 45.4 Å². The second-order valence-corrected chi connectivity index (χ2v) is 6.72. The van der Waals surface area contributed by atoms with E-state index in [9.17, 15) is 0 Å². The molecule has 1 saturated heterocycles. The van der Waals surface area contributed by atoms with Crippen molar-refractivity contribution in [3.05, 3.63) is 0 Å². The van der Waals surface area contributed by atoms with E-state index in [0.717, 1.165) is 12.0 Å². The van der Waals surface area contributed by atoms with Crippen molar-refractivity contribution in [1.82, 2.24) is 15.1 Å². The zero-order valence-corrected chi connectivity index (χ0v) is 12.7. The van der Waals surface area contributed by atoms with Crippen molar-refractivity contribution in [3.8, 4) is 0 Å². The topological polar surface area (TPSA) is 18.5 Å². The first-order valence-corrected chi connectivity index (χ1v) is 7.74. The van der Waals surface area contributed by atoms with Gasteiger partial charge in [-0.15, -0.1) is 0 Å². The zero-order chi connectivity index (χ0) is 13.1. The van der Waals surface area contributed by atoms with Crippen LogP contribution in [0.25, 0.3) is 0 Å². The fourth-order valence-electron chi connectivity index (χ4n) is 2.99. The summed E-state index contributed by atoms with van der Waals surface area (Å²) in [7, 11) is 2.30. The van der Waals surface area contributed by atoms with Gasteiger partial charge in [0.15, 0.2) is 0 Å². The van der Waals surface area contributed by atoms with Crippen molar-refractivity contribution >= 4 is 0 Å². The van der Waals surface area contributed by atoms with Gasteiger partial charge in [0.1, 0.15) is 0 Å². The summed E-state index contributed by atoms with van der Waals surface area (Å²) in [5, 5.41) is 3.58. The molecule has 2 atom stereocenters. The molecule has 0 bridgehead atoms. The van der Waals surface area contributed by atoms with Crippen molar-refractivity contribution in [2.75, 3.05) is 33.2 Å². The molecular weight excluding hydrogens is 222 g/mol. The number of hydrogen-bond acceptors (Lipinski definition) is 3. The Kier molecular flexibility index (Phi) is 5.05. The molecule has 0 aromatic heterocycles. The molecule has 0 aromatic carbocycles. The first-order valence-electron chi connectivity index (χ1n) is 7.74. The van der Waals surface area contributed by atoms with Crippen LogP contribution in [0.5, 0.6) is 0 Å². The van der Waals surface area contributed by atoms with E-state index >= 15 is 0 Å². The molecule has 3 heteroatoms. The van der Waals surface area contributed by atoms with Gasteiger partial charge in [-0.1, -0.05) is 13.8 Å². The molecule has 1 aliphatic heterocycles. The predicted octanol–water partition coefficient (Wildman–Crippen LogP) is 1.79. The van der Waals surface area contributed by atoms with Crippen LogP contribution in [0.3, 0.4) is 0 Å². The Bertz CT molecular complexity index is 250. The Hall–Kier alpha value is -0.120. The molecule has 1 heterocycles. The number of likely N-dealkylation sites (N-methyl/N-ethyl adjacent to an activating group) is 1. The molecule has 0 spiro atoms. The summed E-state index contributed by atoms with van der Waals surface area (Å²) >= 11 is 0. The van der Waals surface area contributed by atoms with E-state index in [2.05, 4.69) is 42.9 Å². The van der Waals surface area contributed by atoms with Crippen LogP contribution >= 0.6 is 0 Å². The minimum atomic E-state index is 0.624. The molecule has 1 aliphatic carbocycles. The van der Waals surface area contributed by atoms with Crippen LogP contribution in [0, 0.1) is 5.92 Å². The molecule has 1 saturated carbocycles. The third-order valence-corrected chi connectivity index (χ3v) is 4.53. The first-order chi connectivity index (χ1) is 8.56. The zero-order valence-electron chi connectivity index (χ0n) is 12.7. The quantitative estimate of drug-likeness (QED) is 0.746. The molecule has 2 fully saturated rings. The van der Waals surface area contributed by atoms with Gasteiger partial charge >= 0.3 is 0 Å². The second-order valence-electron chi connectivity index (χ2n) is 6.72. The Morgan fingerprint density at radius 1 is 1.22 bits per heavy atom. The van der Waals surface area contributed by atoms with Gasteiger partial charge < -0.3 is 10.2 Å². The van der Waals surface area contributed by atoms with Gasteiger partial charge in [-0.2, -0.15) is 0 Å². The standard InChI is InChI=1S/C15H31N3/c1-12(2)16-9-14-7-8-18(11-14)10-13(3)17(4)15-5-6-15/h12-16H,5-11H2,1-4H3. The molecule has 2 unspecified atom stereocenters. The number of hydrogen-bond donors (Lipinski definition) is 1. The average Bonchev–Trinajstić information content (AvgIpc) is 3.07. The summed E-state index contributed by atoms with van der Waals surface area (Å²) < 4.78 is 0. The predicted molar refractivity (Wildman–Crippen MR) is 77.9 cm³/mol. The van der Waals surface area contributed by atoms with Crippen molar-refractivity contribution in [1.29, 1.82) is 0 Å². The first kappa shape index (κ1) is 14.3. The van der Waals surface area contributed by atoms with E-state index in [4.69, 9.17) is 0 Å². The summed E-state index contributed by atoms with van der Waals surface area (Å²) in [5.41, 5.74) is 0. The molecule has 1 N–H and O–H groups in total. The maximum absolute atomic E-state index is 3.58. The number of nitrogens with zero attached hydrogens (tertiary/aromatic N) is 2. The van der Waals surface area contributed by atoms with Crippen LogP contribution in [-0.4, -0.2) is 61.2 Å². The van der Waals surface area contributed by atoms with E-state index in [0.29, 0.717) is 12.1 Å². The molecule has 18 heavy (non-hydrogen) atoms. The minimum Gasteiger partial charge on any atom is -0.314 e. The second kappa shape index (κ2) is 6.36. The summed E-state index contributed by atoms with van der Waals surface area (Å²) in [5.74, 6) is 0.867. The van der Waals surface area contributed by atoms with Gasteiger partial charge in [-0.3, -0.25) is 4.90 Å². The van der Waals surface area contributed by atoms with Gasteiger partial charge in [-0.25, -0.2) is 0 Å². The maximum Gasteiger partial charge on any atom is 0.0194 e. The SMILES string of the molecule is CC(C)NCC1CCN(CC(C)N(C)C2CC2)C1. The monoisotopic (exact) mass is 253 g/mol. The molecule has 0 aromatic rings. The van der Waals surface area contributed by atoms with Gasteiger partial charge in [0.2, 0.25) is 0 Å². The van der Waals surface area contributed by atoms with Crippen LogP contribution in [-0.2, 0) is 0 Å². The maximum atomic E-state index is 3.58. The van der Waals surface area contributed by atoms with Crippen molar-refractivity contribution in [2.45, 2.75) is 58.2 Å². The molecule has 106 valence electrons. The van der Waals surface area contributed by atoms with Gasteiger partial charge in [0, 0.05) is 31.2 Å². The highest BCUT2D eigenvalue weighted by Crippen LogP contribution is 2.27. The summed E-state index contributed by atoms with van der Waals surface area (Å²) in [6, 6.07) is 2.23. The lowest BCUT2D eigenvalue weighted by atomic mass is 10.1. The van der Waals surface area contributed by atoms with Gasteiger partial charge in [-0.05, 0) is 52.2 Å². The van der Waals surface area contributed by atoms with E-state index in [-0.39, 0.29) is 0 Å². The molecule has 2 aliphatic rings. The Morgan fingerprint density at radius 2 is 1.94 bits per heavy atom. The number of rotatable bonds is 7. The van der Waals surface area contributed by atoms with E-state index in [1.807, 2.05) is 0 Å². The highest BCUT2D eigenvalue weighted by atomic mass is 15.2. The van der Waals surface area contributed by atoms with Crippen LogP contribution in [0.2, 0.25) is 0 Å². The largest absolute Gasteiger partial charge is 0.314 e. The molecule has 3 nitrogen and oxygen atoms in total. The fraction of sp³-hybridized carbons (Fsp3) is 1.00. The third-order valence-electron chi connectivity index (χ3n) is 4.53. The van der Waals surface area contributed by atoms with Crippen LogP contribution in [0.1, 0.15) is 40.0 Å². The summed E-state index contributed by atoms with van der Waals surface area (Å²) in [4.78, 5) is 5.25. The van der Waals surface area contributed by atoms with Crippen molar-refractivity contribution in [2.24, 2.45) is 5.92 Å². The smallest absolute Gasteiger partial charge is 0.0194 e. The van der Waals surface area contributed by atoms with Crippen molar-refractivity contribution in [3.63, 3.8) is 0 Å². The number of likely N-dealkylation sites (tertiary alicyclic amines) is 1. The highest BCUT2D eigenvalue weighted by molar-refractivity contribution is 4.87. The molecular formula is C15H31N3. The fourth-order valence-corrected chi connectivity index (χ4v) is 2.99. The van der Waals surface area contributed by atoms with Gasteiger partial charge in [0.25, 0.3) is 0 Å². The third kappa shape index (κ3) is 4.22. The van der Waals surface area contributed by atoms with Crippen LogP contribution in [0.15, 0.2) is 0 Å². The molecule has 2 rings (SSSR count). The van der Waals surface area contributed by atoms with Gasteiger partial charge in [0.05, 0.1) is 0 Å². The lowest BCUT2D eigenvalue weighted by Crippen LogP contribution is -2.41. The molecule has 0 radical (unpaired) electrons. The van der Waals surface area contributed by atoms with E-state index < -0.39 is 0 Å². The van der Waals surface area contributed by atoms with Crippen LogP contribution in [0.4, 0.5) is 0 Å². The Balaban J connectivity index is 1.65.